The molecule has 1 fully saturated rings. The molecule has 1 atom stereocenters. The van der Waals surface area contributed by atoms with E-state index in [1.807, 2.05) is 0 Å². The van der Waals surface area contributed by atoms with Crippen molar-refractivity contribution in [1.29, 1.82) is 0 Å². The van der Waals surface area contributed by atoms with Gasteiger partial charge in [0, 0.05) is 23.8 Å². The van der Waals surface area contributed by atoms with Gasteiger partial charge in [-0.2, -0.15) is 0 Å². The zero-order valence-electron chi connectivity index (χ0n) is 20.6. The highest BCUT2D eigenvalue weighted by Crippen LogP contribution is 2.46. The van der Waals surface area contributed by atoms with E-state index in [2.05, 4.69) is 10.6 Å². The third-order valence-corrected chi connectivity index (χ3v) is 8.97. The van der Waals surface area contributed by atoms with E-state index in [0.717, 1.165) is 0 Å². The van der Waals surface area contributed by atoms with Gasteiger partial charge in [-0.05, 0) is 60.7 Å². The number of benzene rings is 3. The summed E-state index contributed by atoms with van der Waals surface area (Å²) in [5, 5.41) is 6.96. The number of hydrogen-bond donors (Lipinski definition) is 2. The van der Waals surface area contributed by atoms with Gasteiger partial charge in [0.05, 0.1) is 50.0 Å². The number of nitrogens with zero attached hydrogens (tertiary/aromatic N) is 2. The number of halogens is 6. The predicted octanol–water partition coefficient (Wildman–Crippen LogP) is 8.06. The Hall–Kier alpha value is -2.17. The molecular weight excluding hydrogens is 661 g/mol. The summed E-state index contributed by atoms with van der Waals surface area (Å²) in [6.45, 7) is 0.422. The lowest BCUT2D eigenvalue weighted by Gasteiger charge is -2.25. The summed E-state index contributed by atoms with van der Waals surface area (Å²) in [6.07, 6.45) is -0.158. The SMILES string of the molecule is COc1ccc(NC(=O)C[C@H]2C(=O)N(c3ccc(Cl)cc3)C(=S)N2CCNc2c(Cl)c(Cl)c(Cl)c(Cl)c2Cl)cc1. The fraction of sp³-hybridized carbons (Fsp3) is 0.192. The molecule has 4 rings (SSSR count). The van der Waals surface area contributed by atoms with E-state index in [1.165, 1.54) is 4.90 Å². The molecule has 1 heterocycles. The third-order valence-electron chi connectivity index (χ3n) is 6.02. The standard InChI is InChI=1S/C26H20Cl6N4O3S/c1-39-16-8-4-14(5-9-16)34-18(37)12-17-25(38)36(15-6-2-13(27)3-7-15)26(40)35(17)11-10-33-24-22(31)20(29)19(28)21(30)23(24)32/h2-9,17,33H,10-12H2,1H3,(H,34,37)/t17-/m0/s1. The van der Waals surface area contributed by atoms with Crippen LogP contribution in [0, 0.1) is 0 Å². The molecule has 40 heavy (non-hydrogen) atoms. The highest BCUT2D eigenvalue weighted by molar-refractivity contribution is 7.80. The van der Waals surface area contributed by atoms with Crippen molar-refractivity contribution in [2.45, 2.75) is 12.5 Å². The molecule has 2 N–H and O–H groups in total. The van der Waals surface area contributed by atoms with Gasteiger partial charge in [0.25, 0.3) is 5.91 Å². The average molecular weight is 681 g/mol. The Morgan fingerprint density at radius 3 is 2.05 bits per heavy atom. The lowest BCUT2D eigenvalue weighted by molar-refractivity contribution is -0.124. The summed E-state index contributed by atoms with van der Waals surface area (Å²) in [5.74, 6) is -0.0782. The van der Waals surface area contributed by atoms with E-state index >= 15 is 0 Å². The van der Waals surface area contributed by atoms with E-state index in [9.17, 15) is 9.59 Å². The number of anilines is 3. The van der Waals surface area contributed by atoms with Crippen LogP contribution < -0.4 is 20.3 Å². The van der Waals surface area contributed by atoms with Gasteiger partial charge in [0.1, 0.15) is 11.8 Å². The molecule has 2 amide bonds. The van der Waals surface area contributed by atoms with E-state index in [1.54, 1.807) is 60.5 Å². The lowest BCUT2D eigenvalue weighted by Crippen LogP contribution is -2.40. The van der Waals surface area contributed by atoms with E-state index in [0.29, 0.717) is 22.1 Å². The molecule has 210 valence electrons. The fourth-order valence-electron chi connectivity index (χ4n) is 4.04. The summed E-state index contributed by atoms with van der Waals surface area (Å²) in [4.78, 5) is 29.7. The smallest absolute Gasteiger partial charge is 0.256 e. The Labute approximate surface area is 266 Å². The van der Waals surface area contributed by atoms with Crippen LogP contribution in [-0.2, 0) is 9.59 Å². The maximum Gasteiger partial charge on any atom is 0.256 e. The molecule has 0 spiro atoms. The second-order valence-corrected chi connectivity index (χ2v) is 11.2. The van der Waals surface area contributed by atoms with Crippen molar-refractivity contribution in [3.8, 4) is 5.75 Å². The number of methoxy groups -OCH3 is 1. The summed E-state index contributed by atoms with van der Waals surface area (Å²) >= 11 is 42.8. The van der Waals surface area contributed by atoms with Crippen LogP contribution in [-0.4, -0.2) is 48.1 Å². The Morgan fingerprint density at radius 2 is 1.48 bits per heavy atom. The number of nitrogens with one attached hydrogen (secondary N) is 2. The molecule has 0 aliphatic carbocycles. The first-order valence-corrected chi connectivity index (χ1v) is 14.3. The van der Waals surface area contributed by atoms with E-state index in [4.69, 9.17) is 86.6 Å². The van der Waals surface area contributed by atoms with Gasteiger partial charge in [0.2, 0.25) is 5.91 Å². The van der Waals surface area contributed by atoms with Crippen molar-refractivity contribution in [3.05, 3.63) is 78.7 Å². The minimum Gasteiger partial charge on any atom is -0.497 e. The summed E-state index contributed by atoms with van der Waals surface area (Å²) < 4.78 is 5.15. The van der Waals surface area contributed by atoms with Crippen molar-refractivity contribution in [2.24, 2.45) is 0 Å². The van der Waals surface area contributed by atoms with Crippen molar-refractivity contribution < 1.29 is 14.3 Å². The van der Waals surface area contributed by atoms with Crippen molar-refractivity contribution in [2.75, 3.05) is 35.7 Å². The van der Waals surface area contributed by atoms with E-state index in [-0.39, 0.29) is 67.2 Å². The molecule has 0 aromatic heterocycles. The van der Waals surface area contributed by atoms with Crippen LogP contribution in [0.15, 0.2) is 48.5 Å². The quantitative estimate of drug-likeness (QED) is 0.135. The number of amides is 2. The summed E-state index contributed by atoms with van der Waals surface area (Å²) in [6, 6.07) is 12.6. The monoisotopic (exact) mass is 678 g/mol. The Kier molecular flexibility index (Phi) is 10.2. The number of rotatable bonds is 9. The van der Waals surface area contributed by atoms with Crippen molar-refractivity contribution >= 4 is 116 Å². The van der Waals surface area contributed by atoms with Crippen LogP contribution in [0.25, 0.3) is 0 Å². The second-order valence-electron chi connectivity index (χ2n) is 8.49. The Morgan fingerprint density at radius 1 is 0.900 bits per heavy atom. The van der Waals surface area contributed by atoms with Gasteiger partial charge < -0.3 is 20.3 Å². The van der Waals surface area contributed by atoms with Gasteiger partial charge in [0.15, 0.2) is 5.11 Å². The van der Waals surface area contributed by atoms with Crippen LogP contribution in [0.4, 0.5) is 17.1 Å². The number of hydrogen-bond acceptors (Lipinski definition) is 5. The molecule has 14 heteroatoms. The normalized spacial score (nSPS) is 15.0. The molecule has 1 aliphatic rings. The highest BCUT2D eigenvalue weighted by atomic mass is 35.5. The maximum atomic E-state index is 13.6. The van der Waals surface area contributed by atoms with Gasteiger partial charge in [-0.15, -0.1) is 0 Å². The lowest BCUT2D eigenvalue weighted by atomic mass is 10.1. The van der Waals surface area contributed by atoms with Gasteiger partial charge in [-0.1, -0.05) is 69.6 Å². The highest BCUT2D eigenvalue weighted by Gasteiger charge is 2.44. The van der Waals surface area contributed by atoms with Gasteiger partial charge in [-0.25, -0.2) is 0 Å². The van der Waals surface area contributed by atoms with Crippen LogP contribution in [0.2, 0.25) is 30.1 Å². The molecule has 7 nitrogen and oxygen atoms in total. The van der Waals surface area contributed by atoms with E-state index < -0.39 is 6.04 Å². The second kappa shape index (κ2) is 13.2. The van der Waals surface area contributed by atoms with Crippen molar-refractivity contribution in [3.63, 3.8) is 0 Å². The first-order valence-electron chi connectivity index (χ1n) is 11.6. The van der Waals surface area contributed by atoms with Crippen molar-refractivity contribution in [1.82, 2.24) is 4.90 Å². The molecular formula is C26H20Cl6N4O3S. The molecule has 0 bridgehead atoms. The number of carbonyl (C=O) groups excluding carboxylic acids is 2. The topological polar surface area (TPSA) is 73.9 Å². The predicted molar refractivity (Wildman–Crippen MR) is 168 cm³/mol. The third kappa shape index (κ3) is 6.49. The number of carbonyl (C=O) groups is 2. The first kappa shape index (κ1) is 30.8. The first-order chi connectivity index (χ1) is 19.0. The molecule has 3 aromatic carbocycles. The van der Waals surface area contributed by atoms with Crippen LogP contribution in [0.3, 0.4) is 0 Å². The Balaban J connectivity index is 1.55. The number of thiocarbonyl (C=S) groups is 1. The zero-order valence-corrected chi connectivity index (χ0v) is 26.0. The van der Waals surface area contributed by atoms with Gasteiger partial charge >= 0.3 is 0 Å². The summed E-state index contributed by atoms with van der Waals surface area (Å²) in [5.41, 5.74) is 1.36. The zero-order chi connectivity index (χ0) is 29.1. The average Bonchev–Trinajstić information content (AvgIpc) is 3.17. The Bertz CT molecular complexity index is 1430. The number of ether oxygens (including phenoxy) is 1. The fourth-order valence-corrected chi connectivity index (χ4v) is 5.85. The maximum absolute atomic E-state index is 13.6. The minimum atomic E-state index is -0.883. The molecule has 1 aliphatic heterocycles. The van der Waals surface area contributed by atoms with Crippen LogP contribution >= 0.6 is 81.8 Å². The molecule has 0 unspecified atom stereocenters. The van der Waals surface area contributed by atoms with Gasteiger partial charge in [-0.3, -0.25) is 14.5 Å². The molecule has 3 aromatic rings. The van der Waals surface area contributed by atoms with Crippen LogP contribution in [0.5, 0.6) is 5.75 Å². The molecule has 0 saturated carbocycles. The molecule has 1 saturated heterocycles. The van der Waals surface area contributed by atoms with Crippen LogP contribution in [0.1, 0.15) is 6.42 Å². The summed E-state index contributed by atoms with van der Waals surface area (Å²) in [7, 11) is 1.55. The minimum absolute atomic E-state index is 0.0387. The molecule has 0 radical (unpaired) electrons. The largest absolute Gasteiger partial charge is 0.497 e.